The Hall–Kier alpha value is -3.13. The summed E-state index contributed by atoms with van der Waals surface area (Å²) in [5.74, 6) is -0.887. The number of nitrogens with one attached hydrogen (secondary N) is 1. The summed E-state index contributed by atoms with van der Waals surface area (Å²) in [6.45, 7) is 2.01. The van der Waals surface area contributed by atoms with Gasteiger partial charge in [0.2, 0.25) is 10.1 Å². The van der Waals surface area contributed by atoms with Gasteiger partial charge in [-0.3, -0.25) is 10.1 Å². The topological polar surface area (TPSA) is 108 Å². The molecule has 0 radical (unpaired) electrons. The minimum atomic E-state index is -4.67. The molecule has 1 aromatic heterocycles. The lowest BCUT2D eigenvalue weighted by atomic mass is 10.1. The first-order valence-electron chi connectivity index (χ1n) is 7.04. The Kier molecular flexibility index (Phi) is 5.78. The van der Waals surface area contributed by atoms with Crippen molar-refractivity contribution < 1.29 is 27.8 Å². The molecule has 0 fully saturated rings. The van der Waals surface area contributed by atoms with Gasteiger partial charge in [0.15, 0.2) is 11.5 Å². The Labute approximate surface area is 149 Å². The summed E-state index contributed by atoms with van der Waals surface area (Å²) < 4.78 is 42.6. The van der Waals surface area contributed by atoms with Crippen molar-refractivity contribution in [2.24, 2.45) is 0 Å². The van der Waals surface area contributed by atoms with E-state index in [-0.39, 0.29) is 33.5 Å². The lowest BCUT2D eigenvalue weighted by Gasteiger charge is -2.06. The molecule has 0 aliphatic carbocycles. The van der Waals surface area contributed by atoms with E-state index in [1.807, 2.05) is 0 Å². The Balaban J connectivity index is 2.21. The third-order valence-electron chi connectivity index (χ3n) is 2.85. The number of nitrogens with zero attached hydrogens (tertiary/aromatic N) is 3. The summed E-state index contributed by atoms with van der Waals surface area (Å²) in [6, 6.07) is 5.83. The standard InChI is InChI=1S/C15H11F3N4O3S/c1-2-25-11-6-8(3-4-10(11)23)5-9(7-19)12(24)20-14-22-21-13(26-14)15(16,17)18/h3-6,23H,2H2,1H3,(H,20,22,24). The highest BCUT2D eigenvalue weighted by molar-refractivity contribution is 7.15. The van der Waals surface area contributed by atoms with Gasteiger partial charge in [-0.25, -0.2) is 0 Å². The van der Waals surface area contributed by atoms with Crippen molar-refractivity contribution in [1.82, 2.24) is 10.2 Å². The molecule has 0 atom stereocenters. The fraction of sp³-hybridized carbons (Fsp3) is 0.200. The van der Waals surface area contributed by atoms with Crippen molar-refractivity contribution in [1.29, 1.82) is 5.26 Å². The third-order valence-corrected chi connectivity index (χ3v) is 3.73. The Morgan fingerprint density at radius 1 is 1.46 bits per heavy atom. The highest BCUT2D eigenvalue weighted by atomic mass is 32.1. The second-order valence-corrected chi connectivity index (χ2v) is 5.67. The quantitative estimate of drug-likeness (QED) is 0.605. The zero-order valence-corrected chi connectivity index (χ0v) is 14.0. The number of alkyl halides is 3. The van der Waals surface area contributed by atoms with Crippen LogP contribution in [0.5, 0.6) is 11.5 Å². The number of rotatable bonds is 5. The van der Waals surface area contributed by atoms with Crippen LogP contribution in [0.1, 0.15) is 17.5 Å². The fourth-order valence-electron chi connectivity index (χ4n) is 1.76. The average molecular weight is 384 g/mol. The number of aromatic nitrogens is 2. The van der Waals surface area contributed by atoms with Crippen molar-refractivity contribution >= 4 is 28.5 Å². The molecule has 7 nitrogen and oxygen atoms in total. The number of hydrogen-bond acceptors (Lipinski definition) is 7. The molecule has 2 N–H and O–H groups in total. The van der Waals surface area contributed by atoms with E-state index < -0.39 is 17.1 Å². The number of halogens is 3. The lowest BCUT2D eigenvalue weighted by Crippen LogP contribution is -2.13. The number of aromatic hydroxyl groups is 1. The first-order valence-corrected chi connectivity index (χ1v) is 7.86. The number of benzene rings is 1. The van der Waals surface area contributed by atoms with E-state index in [2.05, 4.69) is 15.5 Å². The first-order chi connectivity index (χ1) is 12.2. The highest BCUT2D eigenvalue weighted by Crippen LogP contribution is 2.33. The van der Waals surface area contributed by atoms with Gasteiger partial charge in [0, 0.05) is 0 Å². The highest BCUT2D eigenvalue weighted by Gasteiger charge is 2.35. The predicted molar refractivity (Wildman–Crippen MR) is 86.4 cm³/mol. The van der Waals surface area contributed by atoms with Crippen LogP contribution in [0.2, 0.25) is 0 Å². The Bertz CT molecular complexity index is 887. The summed E-state index contributed by atoms with van der Waals surface area (Å²) in [5.41, 5.74) is 0.00749. The number of nitriles is 1. The molecule has 2 aromatic rings. The van der Waals surface area contributed by atoms with E-state index in [1.165, 1.54) is 24.3 Å². The molecule has 0 spiro atoms. The minimum absolute atomic E-state index is 0.111. The largest absolute Gasteiger partial charge is 0.504 e. The van der Waals surface area contributed by atoms with Gasteiger partial charge in [0.05, 0.1) is 6.61 Å². The Morgan fingerprint density at radius 2 is 2.19 bits per heavy atom. The zero-order chi connectivity index (χ0) is 19.3. The van der Waals surface area contributed by atoms with Crippen molar-refractivity contribution in [3.05, 3.63) is 34.3 Å². The summed E-state index contributed by atoms with van der Waals surface area (Å²) in [7, 11) is 0. The van der Waals surface area contributed by atoms with Gasteiger partial charge < -0.3 is 9.84 Å². The number of carbonyl (C=O) groups is 1. The zero-order valence-electron chi connectivity index (χ0n) is 13.2. The number of amides is 1. The molecule has 0 aliphatic rings. The van der Waals surface area contributed by atoms with Crippen LogP contribution in [0.15, 0.2) is 23.8 Å². The van der Waals surface area contributed by atoms with Crippen LogP contribution in [-0.4, -0.2) is 27.8 Å². The number of ether oxygens (including phenoxy) is 1. The molecule has 0 aliphatic heterocycles. The van der Waals surface area contributed by atoms with E-state index in [0.29, 0.717) is 12.2 Å². The van der Waals surface area contributed by atoms with Gasteiger partial charge >= 0.3 is 6.18 Å². The molecule has 0 bridgehead atoms. The monoisotopic (exact) mass is 384 g/mol. The van der Waals surface area contributed by atoms with Gasteiger partial charge in [-0.1, -0.05) is 17.4 Å². The third kappa shape index (κ3) is 4.70. The van der Waals surface area contributed by atoms with Gasteiger partial charge in [-0.2, -0.15) is 18.4 Å². The first kappa shape index (κ1) is 19.2. The van der Waals surface area contributed by atoms with Crippen molar-refractivity contribution in [2.75, 3.05) is 11.9 Å². The van der Waals surface area contributed by atoms with Crippen LogP contribution in [-0.2, 0) is 11.0 Å². The van der Waals surface area contributed by atoms with Gasteiger partial charge in [0.25, 0.3) is 5.91 Å². The van der Waals surface area contributed by atoms with Crippen molar-refractivity contribution in [3.8, 4) is 17.6 Å². The van der Waals surface area contributed by atoms with Crippen LogP contribution in [0, 0.1) is 11.3 Å². The predicted octanol–water partition coefficient (Wildman–Crippen LogP) is 3.21. The van der Waals surface area contributed by atoms with E-state index in [0.717, 1.165) is 0 Å². The maximum Gasteiger partial charge on any atom is 0.445 e. The van der Waals surface area contributed by atoms with Gasteiger partial charge in [0.1, 0.15) is 11.6 Å². The molecule has 0 saturated carbocycles. The lowest BCUT2D eigenvalue weighted by molar-refractivity contribution is -0.138. The smallest absolute Gasteiger partial charge is 0.445 e. The Morgan fingerprint density at radius 3 is 2.77 bits per heavy atom. The fourth-order valence-corrected chi connectivity index (χ4v) is 2.37. The van der Waals surface area contributed by atoms with Crippen LogP contribution < -0.4 is 10.1 Å². The van der Waals surface area contributed by atoms with Crippen molar-refractivity contribution in [2.45, 2.75) is 13.1 Å². The van der Waals surface area contributed by atoms with E-state index in [9.17, 15) is 23.1 Å². The summed E-state index contributed by atoms with van der Waals surface area (Å²) in [4.78, 5) is 12.1. The summed E-state index contributed by atoms with van der Waals surface area (Å²) >= 11 is 0.144. The van der Waals surface area contributed by atoms with Crippen LogP contribution in [0.3, 0.4) is 0 Å². The molecular weight excluding hydrogens is 373 g/mol. The van der Waals surface area contributed by atoms with Crippen molar-refractivity contribution in [3.63, 3.8) is 0 Å². The molecule has 1 heterocycles. The number of hydrogen-bond donors (Lipinski definition) is 2. The molecular formula is C15H11F3N4O3S. The molecule has 0 saturated heterocycles. The maximum absolute atomic E-state index is 12.5. The van der Waals surface area contributed by atoms with Crippen LogP contribution in [0.25, 0.3) is 6.08 Å². The molecule has 2 rings (SSSR count). The maximum atomic E-state index is 12.5. The molecule has 1 aromatic carbocycles. The van der Waals surface area contributed by atoms with Gasteiger partial charge in [-0.15, -0.1) is 10.2 Å². The SMILES string of the molecule is CCOc1cc(C=C(C#N)C(=O)Nc2nnc(C(F)(F)F)s2)ccc1O. The van der Waals surface area contributed by atoms with E-state index >= 15 is 0 Å². The molecule has 26 heavy (non-hydrogen) atoms. The number of anilines is 1. The van der Waals surface area contributed by atoms with Crippen LogP contribution >= 0.6 is 11.3 Å². The molecule has 11 heteroatoms. The average Bonchev–Trinajstić information content (AvgIpc) is 3.04. The molecule has 136 valence electrons. The van der Waals surface area contributed by atoms with Gasteiger partial charge in [-0.05, 0) is 30.7 Å². The number of carbonyl (C=O) groups excluding carboxylic acids is 1. The van der Waals surface area contributed by atoms with Crippen LogP contribution in [0.4, 0.5) is 18.3 Å². The molecule has 0 unspecified atom stereocenters. The summed E-state index contributed by atoms with van der Waals surface area (Å²) in [6.07, 6.45) is -3.47. The normalized spacial score (nSPS) is 11.7. The second kappa shape index (κ2) is 7.83. The van der Waals surface area contributed by atoms with E-state index in [4.69, 9.17) is 10.00 Å². The number of phenolic OH excluding ortho intramolecular Hbond substituents is 1. The summed E-state index contributed by atoms with van der Waals surface area (Å²) in [5, 5.41) is 25.4. The minimum Gasteiger partial charge on any atom is -0.504 e. The second-order valence-electron chi connectivity index (χ2n) is 4.69. The molecule has 1 amide bonds. The van der Waals surface area contributed by atoms with E-state index in [1.54, 1.807) is 13.0 Å². The number of phenols is 1.